The number of hydrogen-bond donors (Lipinski definition) is 2. The minimum Gasteiger partial charge on any atom is -0.445 e. The summed E-state index contributed by atoms with van der Waals surface area (Å²) >= 11 is 0. The highest BCUT2D eigenvalue weighted by molar-refractivity contribution is 5.80. The summed E-state index contributed by atoms with van der Waals surface area (Å²) in [5, 5.41) is 5.70. The first kappa shape index (κ1) is 22.0. The molecule has 5 heteroatoms. The fourth-order valence-corrected chi connectivity index (χ4v) is 3.02. The molecule has 0 unspecified atom stereocenters. The van der Waals surface area contributed by atoms with E-state index in [2.05, 4.69) is 23.8 Å². The summed E-state index contributed by atoms with van der Waals surface area (Å²) in [5.74, 6) is -0.633. The van der Waals surface area contributed by atoms with Gasteiger partial charge in [-0.1, -0.05) is 72.8 Å². The van der Waals surface area contributed by atoms with E-state index in [0.717, 1.165) is 11.1 Å². The van der Waals surface area contributed by atoms with E-state index in [1.165, 1.54) is 0 Å². The van der Waals surface area contributed by atoms with Crippen LogP contribution in [0.5, 0.6) is 0 Å². The maximum absolute atomic E-state index is 12.7. The van der Waals surface area contributed by atoms with E-state index in [9.17, 15) is 9.59 Å². The molecule has 0 spiro atoms. The van der Waals surface area contributed by atoms with Crippen LogP contribution >= 0.6 is 0 Å². The highest BCUT2D eigenvalue weighted by Crippen LogP contribution is 2.16. The minimum absolute atomic E-state index is 0.158. The van der Waals surface area contributed by atoms with Gasteiger partial charge in [0.05, 0.1) is 5.92 Å². The molecule has 0 saturated carbocycles. The third-order valence-corrected chi connectivity index (χ3v) is 4.48. The molecule has 0 fully saturated rings. The van der Waals surface area contributed by atoms with Gasteiger partial charge in [-0.25, -0.2) is 4.79 Å². The van der Waals surface area contributed by atoms with E-state index in [-0.39, 0.29) is 12.5 Å². The predicted octanol–water partition coefficient (Wildman–Crippen LogP) is 4.02. The Morgan fingerprint density at radius 3 is 2.14 bits per heavy atom. The highest BCUT2D eigenvalue weighted by atomic mass is 16.5. The number of benzene rings is 2. The van der Waals surface area contributed by atoms with Gasteiger partial charge in [0.2, 0.25) is 5.91 Å². The van der Waals surface area contributed by atoms with Gasteiger partial charge in [0.15, 0.2) is 0 Å². The standard InChI is InChI=1S/C24H28N2O3/c1-3-11-21(23(27)25-16-4-2)22(17-19-12-7-5-8-13-19)26-24(28)29-18-20-14-9-6-10-15-20/h3-10,12-15,21-22H,1-2,11,16-18H2,(H,25,27)(H,26,28)/t21-,22-/m0/s1. The van der Waals surface area contributed by atoms with Crippen LogP contribution in [0.4, 0.5) is 4.79 Å². The summed E-state index contributed by atoms with van der Waals surface area (Å²) in [5.41, 5.74) is 1.92. The molecule has 2 atom stereocenters. The van der Waals surface area contributed by atoms with Crippen molar-refractivity contribution in [3.63, 3.8) is 0 Å². The largest absolute Gasteiger partial charge is 0.445 e. The second-order valence-corrected chi connectivity index (χ2v) is 6.67. The summed E-state index contributed by atoms with van der Waals surface area (Å²) in [6.45, 7) is 7.92. The van der Waals surface area contributed by atoms with Crippen LogP contribution in [-0.2, 0) is 22.6 Å². The van der Waals surface area contributed by atoms with E-state index < -0.39 is 18.1 Å². The zero-order valence-corrected chi connectivity index (χ0v) is 16.6. The molecule has 0 aliphatic heterocycles. The fraction of sp³-hybridized carbons (Fsp3) is 0.250. The van der Waals surface area contributed by atoms with E-state index in [0.29, 0.717) is 19.4 Å². The Hall–Kier alpha value is -3.34. The number of amides is 2. The van der Waals surface area contributed by atoms with Crippen molar-refractivity contribution in [2.75, 3.05) is 6.54 Å². The first-order valence-corrected chi connectivity index (χ1v) is 9.64. The summed E-state index contributed by atoms with van der Waals surface area (Å²) < 4.78 is 5.36. The van der Waals surface area contributed by atoms with E-state index in [1.54, 1.807) is 12.2 Å². The van der Waals surface area contributed by atoms with Gasteiger partial charge in [-0.05, 0) is 24.0 Å². The molecular weight excluding hydrogens is 364 g/mol. The van der Waals surface area contributed by atoms with Crippen molar-refractivity contribution in [3.05, 3.63) is 97.1 Å². The van der Waals surface area contributed by atoms with Crippen molar-refractivity contribution in [1.82, 2.24) is 10.6 Å². The molecular formula is C24H28N2O3. The van der Waals surface area contributed by atoms with E-state index in [4.69, 9.17) is 4.74 Å². The van der Waals surface area contributed by atoms with Crippen molar-refractivity contribution >= 4 is 12.0 Å². The van der Waals surface area contributed by atoms with Gasteiger partial charge < -0.3 is 15.4 Å². The van der Waals surface area contributed by atoms with Gasteiger partial charge in [0.25, 0.3) is 0 Å². The van der Waals surface area contributed by atoms with Crippen molar-refractivity contribution in [2.45, 2.75) is 25.5 Å². The average molecular weight is 392 g/mol. The lowest BCUT2D eigenvalue weighted by atomic mass is 9.90. The van der Waals surface area contributed by atoms with Crippen LogP contribution < -0.4 is 10.6 Å². The van der Waals surface area contributed by atoms with Crippen LogP contribution in [0.2, 0.25) is 0 Å². The highest BCUT2D eigenvalue weighted by Gasteiger charge is 2.29. The summed E-state index contributed by atoms with van der Waals surface area (Å²) in [6, 6.07) is 18.7. The monoisotopic (exact) mass is 392 g/mol. The Bertz CT molecular complexity index is 790. The maximum Gasteiger partial charge on any atom is 0.407 e. The van der Waals surface area contributed by atoms with Crippen molar-refractivity contribution < 1.29 is 14.3 Å². The number of allylic oxidation sites excluding steroid dienone is 1. The molecule has 0 heterocycles. The van der Waals surface area contributed by atoms with Crippen LogP contribution in [0.1, 0.15) is 17.5 Å². The summed E-state index contributed by atoms with van der Waals surface area (Å²) in [7, 11) is 0. The molecule has 152 valence electrons. The van der Waals surface area contributed by atoms with Gasteiger partial charge in [-0.3, -0.25) is 4.79 Å². The van der Waals surface area contributed by atoms with Crippen LogP contribution in [-0.4, -0.2) is 24.6 Å². The molecule has 2 amide bonds. The summed E-state index contributed by atoms with van der Waals surface area (Å²) in [4.78, 5) is 25.1. The first-order valence-electron chi connectivity index (χ1n) is 9.64. The third kappa shape index (κ3) is 7.66. The second kappa shape index (κ2) is 12.2. The number of nitrogens with one attached hydrogen (secondary N) is 2. The number of alkyl carbamates (subject to hydrolysis) is 1. The Kier molecular flexibility index (Phi) is 9.22. The van der Waals surface area contributed by atoms with Crippen LogP contribution in [0.3, 0.4) is 0 Å². The quantitative estimate of drug-likeness (QED) is 0.568. The molecule has 0 bridgehead atoms. The van der Waals surface area contributed by atoms with Crippen LogP contribution in [0.25, 0.3) is 0 Å². The van der Waals surface area contributed by atoms with E-state index >= 15 is 0 Å². The molecule has 5 nitrogen and oxygen atoms in total. The predicted molar refractivity (Wildman–Crippen MR) is 115 cm³/mol. The minimum atomic E-state index is -0.555. The number of ether oxygens (including phenoxy) is 1. The smallest absolute Gasteiger partial charge is 0.407 e. The van der Waals surface area contributed by atoms with Crippen molar-refractivity contribution in [2.24, 2.45) is 5.92 Å². The molecule has 0 saturated heterocycles. The zero-order chi connectivity index (χ0) is 20.9. The van der Waals surface area contributed by atoms with Crippen LogP contribution in [0.15, 0.2) is 86.0 Å². The molecule has 0 aliphatic rings. The Balaban J connectivity index is 2.11. The van der Waals surface area contributed by atoms with Crippen molar-refractivity contribution in [3.8, 4) is 0 Å². The second-order valence-electron chi connectivity index (χ2n) is 6.67. The van der Waals surface area contributed by atoms with Gasteiger partial charge in [0, 0.05) is 12.6 Å². The third-order valence-electron chi connectivity index (χ3n) is 4.48. The lowest BCUT2D eigenvalue weighted by Gasteiger charge is -2.26. The number of hydrogen-bond acceptors (Lipinski definition) is 3. The fourth-order valence-electron chi connectivity index (χ4n) is 3.02. The lowest BCUT2D eigenvalue weighted by molar-refractivity contribution is -0.125. The van der Waals surface area contributed by atoms with Gasteiger partial charge in [-0.2, -0.15) is 0 Å². The molecule has 29 heavy (non-hydrogen) atoms. The molecule has 0 aliphatic carbocycles. The van der Waals surface area contributed by atoms with Gasteiger partial charge in [0.1, 0.15) is 6.61 Å². The van der Waals surface area contributed by atoms with E-state index in [1.807, 2.05) is 60.7 Å². The molecule has 2 aromatic rings. The lowest BCUT2D eigenvalue weighted by Crippen LogP contribution is -2.48. The normalized spacial score (nSPS) is 12.3. The summed E-state index contributed by atoms with van der Waals surface area (Å²) in [6.07, 6.45) is 3.69. The van der Waals surface area contributed by atoms with Crippen molar-refractivity contribution in [1.29, 1.82) is 0 Å². The Morgan fingerprint density at radius 1 is 0.931 bits per heavy atom. The number of carbonyl (C=O) groups is 2. The Morgan fingerprint density at radius 2 is 1.55 bits per heavy atom. The SMILES string of the molecule is C=CCNC(=O)[C@@H](CC=C)[C@H](Cc1ccccc1)NC(=O)OCc1ccccc1. The number of rotatable bonds is 11. The average Bonchev–Trinajstić information content (AvgIpc) is 2.75. The van der Waals surface area contributed by atoms with Gasteiger partial charge >= 0.3 is 6.09 Å². The Labute approximate surface area is 172 Å². The molecule has 2 rings (SSSR count). The first-order chi connectivity index (χ1) is 14.1. The number of carbonyl (C=O) groups excluding carboxylic acids is 2. The molecule has 0 aromatic heterocycles. The molecule has 2 aromatic carbocycles. The zero-order valence-electron chi connectivity index (χ0n) is 16.6. The maximum atomic E-state index is 12.7. The molecule has 0 radical (unpaired) electrons. The molecule has 2 N–H and O–H groups in total. The van der Waals surface area contributed by atoms with Gasteiger partial charge in [-0.15, -0.1) is 13.2 Å². The topological polar surface area (TPSA) is 67.4 Å². The van der Waals surface area contributed by atoms with Crippen LogP contribution in [0, 0.1) is 5.92 Å².